The molecule has 0 bridgehead atoms. The van der Waals surface area contributed by atoms with Crippen LogP contribution in [0.4, 0.5) is 34.1 Å². The van der Waals surface area contributed by atoms with E-state index in [9.17, 15) is 0 Å². The van der Waals surface area contributed by atoms with Gasteiger partial charge in [0.15, 0.2) is 0 Å². The second-order valence-corrected chi connectivity index (χ2v) is 22.9. The van der Waals surface area contributed by atoms with Crippen LogP contribution in [0, 0.1) is 0 Å². The average molecular weight is 1060 g/mol. The van der Waals surface area contributed by atoms with Crippen molar-refractivity contribution < 1.29 is 0 Å². The molecule has 2 heteroatoms. The quantitative estimate of drug-likeness (QED) is 0.133. The predicted molar refractivity (Wildman–Crippen MR) is 355 cm³/mol. The molecular formula is C81H56N2. The van der Waals surface area contributed by atoms with Crippen molar-refractivity contribution in [1.29, 1.82) is 0 Å². The van der Waals surface area contributed by atoms with Gasteiger partial charge in [0, 0.05) is 39.5 Å². The van der Waals surface area contributed by atoms with E-state index >= 15 is 0 Å². The summed E-state index contributed by atoms with van der Waals surface area (Å²) < 4.78 is 0. The van der Waals surface area contributed by atoms with Crippen LogP contribution in [0.3, 0.4) is 0 Å². The molecule has 0 saturated carbocycles. The van der Waals surface area contributed by atoms with E-state index in [2.05, 4.69) is 327 Å². The molecule has 1 aliphatic carbocycles. The summed E-state index contributed by atoms with van der Waals surface area (Å²) in [6, 6.07) is 113. The summed E-state index contributed by atoms with van der Waals surface area (Å²) in [7, 11) is 0. The predicted octanol–water partition coefficient (Wildman–Crippen LogP) is 22.9. The number of benzene rings is 15. The van der Waals surface area contributed by atoms with Crippen LogP contribution >= 0.6 is 0 Å². The fraction of sp³-hybridized carbons (Fsp3) is 0.0370. The Hall–Kier alpha value is -10.5. The Bertz CT molecular complexity index is 4910. The van der Waals surface area contributed by atoms with Gasteiger partial charge < -0.3 is 9.80 Å². The zero-order valence-electron chi connectivity index (χ0n) is 46.3. The van der Waals surface area contributed by atoms with Gasteiger partial charge in [-0.25, -0.2) is 0 Å². The van der Waals surface area contributed by atoms with Crippen LogP contribution in [0.2, 0.25) is 0 Å². The van der Waals surface area contributed by atoms with Crippen LogP contribution in [-0.4, -0.2) is 0 Å². The van der Waals surface area contributed by atoms with E-state index in [0.29, 0.717) is 0 Å². The molecule has 0 amide bonds. The highest BCUT2D eigenvalue weighted by Crippen LogP contribution is 2.53. The molecule has 15 aromatic carbocycles. The largest absolute Gasteiger partial charge is 0.310 e. The smallest absolute Gasteiger partial charge is 0.0468 e. The fourth-order valence-electron chi connectivity index (χ4n) is 13.6. The summed E-state index contributed by atoms with van der Waals surface area (Å²) in [6.45, 7) is 4.78. The van der Waals surface area contributed by atoms with Crippen molar-refractivity contribution in [3.8, 4) is 44.5 Å². The van der Waals surface area contributed by atoms with Crippen molar-refractivity contribution in [2.45, 2.75) is 19.3 Å². The number of rotatable bonds is 9. The monoisotopic (exact) mass is 1060 g/mol. The molecule has 0 saturated heterocycles. The number of hydrogen-bond donors (Lipinski definition) is 0. The summed E-state index contributed by atoms with van der Waals surface area (Å²) in [5, 5.41) is 14.4. The third kappa shape index (κ3) is 8.17. The maximum absolute atomic E-state index is 2.51. The first-order chi connectivity index (χ1) is 40.9. The second kappa shape index (κ2) is 19.3. The molecule has 1 aliphatic rings. The first-order valence-electron chi connectivity index (χ1n) is 28.9. The number of nitrogens with zero attached hydrogens (tertiary/aromatic N) is 2. The highest BCUT2D eigenvalue weighted by atomic mass is 15.1. The van der Waals surface area contributed by atoms with Crippen molar-refractivity contribution >= 4 is 98.8 Å². The van der Waals surface area contributed by atoms with Gasteiger partial charge >= 0.3 is 0 Å². The van der Waals surface area contributed by atoms with Crippen LogP contribution in [0.15, 0.2) is 303 Å². The minimum absolute atomic E-state index is 0.199. The van der Waals surface area contributed by atoms with Crippen molar-refractivity contribution in [3.63, 3.8) is 0 Å². The fourth-order valence-corrected chi connectivity index (χ4v) is 13.6. The van der Waals surface area contributed by atoms with Gasteiger partial charge in [-0.15, -0.1) is 0 Å². The van der Waals surface area contributed by atoms with E-state index in [1.54, 1.807) is 0 Å². The lowest BCUT2D eigenvalue weighted by Crippen LogP contribution is -2.14. The molecule has 2 nitrogen and oxygen atoms in total. The highest BCUT2D eigenvalue weighted by Gasteiger charge is 2.36. The van der Waals surface area contributed by atoms with E-state index in [4.69, 9.17) is 0 Å². The van der Waals surface area contributed by atoms with Crippen molar-refractivity contribution in [2.24, 2.45) is 0 Å². The van der Waals surface area contributed by atoms with E-state index < -0.39 is 0 Å². The molecule has 390 valence electrons. The number of hydrogen-bond acceptors (Lipinski definition) is 2. The van der Waals surface area contributed by atoms with E-state index in [0.717, 1.165) is 39.7 Å². The third-order valence-electron chi connectivity index (χ3n) is 17.7. The average Bonchev–Trinajstić information content (AvgIpc) is 3.47. The molecule has 0 heterocycles. The van der Waals surface area contributed by atoms with Gasteiger partial charge in [-0.05, 0) is 199 Å². The molecule has 0 aliphatic heterocycles. The van der Waals surface area contributed by atoms with Gasteiger partial charge in [-0.1, -0.05) is 238 Å². The van der Waals surface area contributed by atoms with Crippen molar-refractivity contribution in [1.82, 2.24) is 0 Å². The lowest BCUT2D eigenvalue weighted by atomic mass is 9.80. The van der Waals surface area contributed by atoms with Gasteiger partial charge in [-0.3, -0.25) is 0 Å². The molecule has 0 spiro atoms. The Balaban J connectivity index is 1.00. The molecule has 0 fully saturated rings. The number of anilines is 6. The van der Waals surface area contributed by atoms with Crippen molar-refractivity contribution in [2.75, 3.05) is 9.80 Å². The van der Waals surface area contributed by atoms with Crippen LogP contribution in [0.5, 0.6) is 0 Å². The standard InChI is InChI=1S/C81H56N2/c1-81(2)77-27-15-14-26-71(77)72-43-36-64(50-78(72)81)80-74-45-42-69(82(65-37-32-54-18-6-10-22-60(54)46-65)66-38-33-55-19-7-11-23-61(55)47-66)51-75(74)79(59-30-28-58(29-31-59)53-16-4-3-5-17-53)73-44-41-70(52-76(73)80)83(67-39-34-56-20-8-12-24-62(56)48-67)68-40-35-57-21-9-13-25-63(57)49-68/h3-52H,1-2H3. The molecule has 83 heavy (non-hydrogen) atoms. The van der Waals surface area contributed by atoms with E-state index in [-0.39, 0.29) is 5.41 Å². The number of fused-ring (bicyclic) bond motifs is 9. The van der Waals surface area contributed by atoms with Crippen LogP contribution in [0.25, 0.3) is 109 Å². The zero-order chi connectivity index (χ0) is 55.2. The van der Waals surface area contributed by atoms with Gasteiger partial charge in [0.25, 0.3) is 0 Å². The SMILES string of the molecule is CC1(C)c2ccccc2-c2ccc(-c3c4ccc(N(c5ccc6ccccc6c5)c5ccc6ccccc6c5)cc4c(-c4ccc(-c5ccccc5)cc4)c4ccc(N(c5ccc6ccccc6c5)c5ccc6ccccc6c5)cc34)cc21. The lowest BCUT2D eigenvalue weighted by Gasteiger charge is -2.29. The first-order valence-corrected chi connectivity index (χ1v) is 28.9. The van der Waals surface area contributed by atoms with Gasteiger partial charge in [0.1, 0.15) is 0 Å². The minimum atomic E-state index is -0.199. The summed E-state index contributed by atoms with van der Waals surface area (Å²) >= 11 is 0. The topological polar surface area (TPSA) is 6.48 Å². The Labute approximate surface area is 484 Å². The molecule has 0 N–H and O–H groups in total. The Morgan fingerprint density at radius 2 is 0.554 bits per heavy atom. The zero-order valence-corrected chi connectivity index (χ0v) is 46.3. The lowest BCUT2D eigenvalue weighted by molar-refractivity contribution is 0.660. The summed E-state index contributed by atoms with van der Waals surface area (Å²) in [6.07, 6.45) is 0. The van der Waals surface area contributed by atoms with Gasteiger partial charge in [-0.2, -0.15) is 0 Å². The third-order valence-corrected chi connectivity index (χ3v) is 17.7. The van der Waals surface area contributed by atoms with Crippen LogP contribution in [-0.2, 0) is 5.41 Å². The van der Waals surface area contributed by atoms with Gasteiger partial charge in [0.2, 0.25) is 0 Å². The van der Waals surface area contributed by atoms with Crippen LogP contribution in [0.1, 0.15) is 25.0 Å². The van der Waals surface area contributed by atoms with Crippen molar-refractivity contribution in [3.05, 3.63) is 314 Å². The molecule has 0 radical (unpaired) electrons. The highest BCUT2D eigenvalue weighted by molar-refractivity contribution is 6.23. The molecule has 0 aromatic heterocycles. The van der Waals surface area contributed by atoms with Crippen LogP contribution < -0.4 is 9.80 Å². The van der Waals surface area contributed by atoms with E-state index in [1.165, 1.54) is 115 Å². The first kappa shape index (κ1) is 48.4. The maximum atomic E-state index is 2.51. The molecule has 15 aromatic rings. The Morgan fingerprint density at radius 3 is 1.02 bits per heavy atom. The van der Waals surface area contributed by atoms with E-state index in [1.807, 2.05) is 0 Å². The molecular weight excluding hydrogens is 1000 g/mol. The molecule has 16 rings (SSSR count). The summed E-state index contributed by atoms with van der Waals surface area (Å²) in [5.41, 5.74) is 18.8. The van der Waals surface area contributed by atoms with Gasteiger partial charge in [0.05, 0.1) is 0 Å². The maximum Gasteiger partial charge on any atom is 0.0468 e. The summed E-state index contributed by atoms with van der Waals surface area (Å²) in [5.74, 6) is 0. The Kier molecular flexibility index (Phi) is 11.3. The minimum Gasteiger partial charge on any atom is -0.310 e. The second-order valence-electron chi connectivity index (χ2n) is 22.9. The summed E-state index contributed by atoms with van der Waals surface area (Å²) in [4.78, 5) is 4.91. The Morgan fingerprint density at radius 1 is 0.217 bits per heavy atom. The molecule has 0 unspecified atom stereocenters. The molecule has 0 atom stereocenters. The normalized spacial score (nSPS) is 12.6.